The monoisotopic (exact) mass is 490 g/mol. The predicted octanol–water partition coefficient (Wildman–Crippen LogP) is 3.76. The van der Waals surface area contributed by atoms with Crippen molar-refractivity contribution in [1.82, 2.24) is 9.88 Å². The summed E-state index contributed by atoms with van der Waals surface area (Å²) in [6.07, 6.45) is 2.85. The van der Waals surface area contributed by atoms with E-state index < -0.39 is 35.7 Å². The van der Waals surface area contributed by atoms with Crippen LogP contribution in [-0.4, -0.2) is 46.3 Å². The van der Waals surface area contributed by atoms with Crippen LogP contribution >= 0.6 is 0 Å². The van der Waals surface area contributed by atoms with E-state index in [9.17, 15) is 23.6 Å². The molecule has 2 aromatic carbocycles. The quantitative estimate of drug-likeness (QED) is 0.380. The molecular weight excluding hydrogens is 467 g/mol. The van der Waals surface area contributed by atoms with E-state index >= 15 is 0 Å². The molecule has 0 radical (unpaired) electrons. The van der Waals surface area contributed by atoms with Crippen LogP contribution in [0.25, 0.3) is 0 Å². The predicted molar refractivity (Wildman–Crippen MR) is 128 cm³/mol. The number of carbonyl (C=O) groups is 4. The summed E-state index contributed by atoms with van der Waals surface area (Å²) < 4.78 is 18.4. The lowest BCUT2D eigenvalue weighted by Crippen LogP contribution is -2.37. The van der Waals surface area contributed by atoms with Crippen LogP contribution in [0.15, 0.2) is 73.1 Å². The van der Waals surface area contributed by atoms with Gasteiger partial charge in [-0.25, -0.2) is 18.9 Å². The zero-order valence-corrected chi connectivity index (χ0v) is 19.4. The van der Waals surface area contributed by atoms with Crippen molar-refractivity contribution in [2.24, 2.45) is 0 Å². The van der Waals surface area contributed by atoms with Gasteiger partial charge in [-0.3, -0.25) is 14.6 Å². The number of amides is 4. The van der Waals surface area contributed by atoms with Crippen molar-refractivity contribution in [2.45, 2.75) is 25.9 Å². The average Bonchev–Trinajstić information content (AvgIpc) is 3.09. The number of nitrogens with zero attached hydrogens (tertiary/aromatic N) is 3. The van der Waals surface area contributed by atoms with Gasteiger partial charge in [0.2, 0.25) is 5.91 Å². The third-order valence-corrected chi connectivity index (χ3v) is 5.54. The minimum absolute atomic E-state index is 0.0578. The number of imide groups is 1. The average molecular weight is 490 g/mol. The fraction of sp³-hybridized carbons (Fsp3) is 0.192. The van der Waals surface area contributed by atoms with E-state index in [1.165, 1.54) is 29.2 Å². The maximum absolute atomic E-state index is 13.4. The fourth-order valence-electron chi connectivity index (χ4n) is 3.82. The van der Waals surface area contributed by atoms with E-state index in [0.29, 0.717) is 16.8 Å². The molecule has 1 fully saturated rings. The van der Waals surface area contributed by atoms with E-state index in [2.05, 4.69) is 10.3 Å². The number of halogens is 1. The smallest absolute Gasteiger partial charge is 0.338 e. The molecule has 1 atom stereocenters. The summed E-state index contributed by atoms with van der Waals surface area (Å²) in [6, 6.07) is 12.9. The molecule has 1 saturated heterocycles. The first kappa shape index (κ1) is 24.5. The number of anilines is 2. The van der Waals surface area contributed by atoms with Crippen molar-refractivity contribution in [3.05, 3.63) is 90.0 Å². The van der Waals surface area contributed by atoms with Crippen LogP contribution in [0.3, 0.4) is 0 Å². The zero-order chi connectivity index (χ0) is 25.7. The number of esters is 1. The first-order valence-corrected chi connectivity index (χ1v) is 11.2. The number of aromatic nitrogens is 1. The molecule has 1 aliphatic heterocycles. The van der Waals surface area contributed by atoms with Crippen LogP contribution in [0.5, 0.6) is 0 Å². The molecular formula is C26H23FN4O5. The van der Waals surface area contributed by atoms with Gasteiger partial charge in [-0.05, 0) is 67.1 Å². The SMILES string of the molecule is CCOC(=O)c1ccc(NC(=O)C[C@H]2C(=O)N(c3ccc(F)cc3)C(=O)N2Cc2cccnc2)cc1. The Morgan fingerprint density at radius 3 is 2.42 bits per heavy atom. The summed E-state index contributed by atoms with van der Waals surface area (Å²) in [5.74, 6) is -2.07. The van der Waals surface area contributed by atoms with Crippen molar-refractivity contribution in [1.29, 1.82) is 0 Å². The maximum Gasteiger partial charge on any atom is 0.338 e. The second kappa shape index (κ2) is 10.8. The Balaban J connectivity index is 1.53. The molecule has 2 heterocycles. The number of rotatable bonds is 8. The van der Waals surface area contributed by atoms with Crippen molar-refractivity contribution in [3.8, 4) is 0 Å². The van der Waals surface area contributed by atoms with E-state index in [1.807, 2.05) is 0 Å². The first-order valence-electron chi connectivity index (χ1n) is 11.2. The highest BCUT2D eigenvalue weighted by atomic mass is 19.1. The van der Waals surface area contributed by atoms with Gasteiger partial charge >= 0.3 is 12.0 Å². The molecule has 3 aromatic rings. The van der Waals surface area contributed by atoms with Gasteiger partial charge in [0.25, 0.3) is 5.91 Å². The third-order valence-electron chi connectivity index (χ3n) is 5.54. The van der Waals surface area contributed by atoms with E-state index in [4.69, 9.17) is 4.74 Å². The molecule has 1 N–H and O–H groups in total. The molecule has 4 rings (SSSR count). The second-order valence-corrected chi connectivity index (χ2v) is 7.99. The highest BCUT2D eigenvalue weighted by Gasteiger charge is 2.46. The summed E-state index contributed by atoms with van der Waals surface area (Å²) in [7, 11) is 0. The highest BCUT2D eigenvalue weighted by Crippen LogP contribution is 2.28. The molecule has 36 heavy (non-hydrogen) atoms. The standard InChI is InChI=1S/C26H23FN4O5/c1-2-36-25(34)18-5-9-20(10-6-18)29-23(32)14-22-24(33)31(21-11-7-19(27)8-12-21)26(35)30(22)16-17-4-3-13-28-15-17/h3-13,15,22H,2,14,16H2,1H3,(H,29,32)/t22-/m0/s1. The number of urea groups is 1. The summed E-state index contributed by atoms with van der Waals surface area (Å²) in [6.45, 7) is 2.01. The third kappa shape index (κ3) is 5.38. The lowest BCUT2D eigenvalue weighted by Gasteiger charge is -2.21. The Morgan fingerprint density at radius 1 is 1.06 bits per heavy atom. The molecule has 0 spiro atoms. The fourth-order valence-corrected chi connectivity index (χ4v) is 3.82. The van der Waals surface area contributed by atoms with Gasteiger partial charge in [0, 0.05) is 24.6 Å². The minimum Gasteiger partial charge on any atom is -0.462 e. The molecule has 1 aromatic heterocycles. The van der Waals surface area contributed by atoms with Crippen LogP contribution in [-0.2, 0) is 20.9 Å². The lowest BCUT2D eigenvalue weighted by atomic mass is 10.1. The zero-order valence-electron chi connectivity index (χ0n) is 19.4. The number of carbonyl (C=O) groups excluding carboxylic acids is 4. The minimum atomic E-state index is -1.08. The Labute approximate surface area is 206 Å². The van der Waals surface area contributed by atoms with Gasteiger partial charge in [0.05, 0.1) is 24.3 Å². The van der Waals surface area contributed by atoms with Gasteiger partial charge < -0.3 is 15.0 Å². The molecule has 0 unspecified atom stereocenters. The molecule has 0 bridgehead atoms. The molecule has 0 aliphatic carbocycles. The van der Waals surface area contributed by atoms with E-state index in [0.717, 1.165) is 17.0 Å². The van der Waals surface area contributed by atoms with Crippen LogP contribution < -0.4 is 10.2 Å². The van der Waals surface area contributed by atoms with Crippen LogP contribution in [0.2, 0.25) is 0 Å². The number of hydrogen-bond acceptors (Lipinski definition) is 6. The highest BCUT2D eigenvalue weighted by molar-refractivity contribution is 6.22. The van der Waals surface area contributed by atoms with Crippen LogP contribution in [0, 0.1) is 5.82 Å². The summed E-state index contributed by atoms with van der Waals surface area (Å²) in [5.41, 5.74) is 1.64. The van der Waals surface area contributed by atoms with E-state index in [1.54, 1.807) is 43.6 Å². The summed E-state index contributed by atoms with van der Waals surface area (Å²) in [5, 5.41) is 2.69. The number of pyridine rings is 1. The largest absolute Gasteiger partial charge is 0.462 e. The Bertz CT molecular complexity index is 1270. The van der Waals surface area contributed by atoms with Crippen LogP contribution in [0.4, 0.5) is 20.6 Å². The van der Waals surface area contributed by atoms with Crippen molar-refractivity contribution in [3.63, 3.8) is 0 Å². The summed E-state index contributed by atoms with van der Waals surface area (Å²) >= 11 is 0. The van der Waals surface area contributed by atoms with Gasteiger partial charge in [-0.1, -0.05) is 6.07 Å². The van der Waals surface area contributed by atoms with Gasteiger partial charge in [-0.2, -0.15) is 0 Å². The number of benzene rings is 2. The van der Waals surface area contributed by atoms with E-state index in [-0.39, 0.29) is 25.3 Å². The topological polar surface area (TPSA) is 109 Å². The number of hydrogen-bond donors (Lipinski definition) is 1. The van der Waals surface area contributed by atoms with Gasteiger partial charge in [0.15, 0.2) is 0 Å². The molecule has 184 valence electrons. The maximum atomic E-state index is 13.4. The Morgan fingerprint density at radius 2 is 1.78 bits per heavy atom. The van der Waals surface area contributed by atoms with Gasteiger partial charge in [0.1, 0.15) is 11.9 Å². The number of nitrogens with one attached hydrogen (secondary N) is 1. The second-order valence-electron chi connectivity index (χ2n) is 7.99. The van der Waals surface area contributed by atoms with Gasteiger partial charge in [-0.15, -0.1) is 0 Å². The van der Waals surface area contributed by atoms with Crippen molar-refractivity contribution < 1.29 is 28.3 Å². The molecule has 0 saturated carbocycles. The number of ether oxygens (including phenoxy) is 1. The molecule has 10 heteroatoms. The van der Waals surface area contributed by atoms with Crippen LogP contribution in [0.1, 0.15) is 29.3 Å². The molecule has 4 amide bonds. The van der Waals surface area contributed by atoms with Crippen molar-refractivity contribution >= 4 is 35.2 Å². The first-order chi connectivity index (χ1) is 17.4. The molecule has 1 aliphatic rings. The molecule has 9 nitrogen and oxygen atoms in total. The lowest BCUT2D eigenvalue weighted by molar-refractivity contribution is -0.124. The Kier molecular flexibility index (Phi) is 7.33. The Hall–Kier alpha value is -4.60. The van der Waals surface area contributed by atoms with Crippen molar-refractivity contribution in [2.75, 3.05) is 16.8 Å². The normalized spacial score (nSPS) is 15.2. The summed E-state index contributed by atoms with van der Waals surface area (Å²) in [4.78, 5) is 57.5.